The molecule has 122 valence electrons. The third-order valence-electron chi connectivity index (χ3n) is 6.66. The summed E-state index contributed by atoms with van der Waals surface area (Å²) in [6.45, 7) is 7.98. The second kappa shape index (κ2) is 5.45. The first kappa shape index (κ1) is 14.2. The van der Waals surface area contributed by atoms with Crippen molar-refractivity contribution in [1.29, 1.82) is 0 Å². The Bertz CT molecular complexity index is 685. The van der Waals surface area contributed by atoms with Crippen LogP contribution in [0.1, 0.15) is 25.7 Å². The standard InChI is InChI=1S/C19H26N3S/c1-2-6-16-14-22(13-15(16)5-1)11-9-21(10-12-22)19-17-7-3-4-8-18(17)23-20-19/h3-4,7-8,15-16H,1-2,5-6,9-14H2/q+1/t15-,16+. The molecule has 3 aliphatic rings. The minimum absolute atomic E-state index is 1.04. The summed E-state index contributed by atoms with van der Waals surface area (Å²) < 4.78 is 7.50. The van der Waals surface area contributed by atoms with Gasteiger partial charge in [0.15, 0.2) is 5.82 Å². The van der Waals surface area contributed by atoms with Crippen molar-refractivity contribution in [2.24, 2.45) is 11.8 Å². The van der Waals surface area contributed by atoms with Crippen molar-refractivity contribution >= 4 is 27.4 Å². The molecule has 1 aliphatic carbocycles. The molecule has 1 aromatic heterocycles. The number of hydrogen-bond acceptors (Lipinski definition) is 3. The van der Waals surface area contributed by atoms with E-state index >= 15 is 0 Å². The third-order valence-corrected chi connectivity index (χ3v) is 7.47. The van der Waals surface area contributed by atoms with E-state index in [0.29, 0.717) is 0 Å². The highest BCUT2D eigenvalue weighted by molar-refractivity contribution is 7.13. The van der Waals surface area contributed by atoms with Crippen LogP contribution in [0.25, 0.3) is 10.1 Å². The van der Waals surface area contributed by atoms with Crippen LogP contribution in [0.4, 0.5) is 5.82 Å². The van der Waals surface area contributed by atoms with Crippen LogP contribution in [0, 0.1) is 11.8 Å². The first-order valence-electron chi connectivity index (χ1n) is 9.27. The van der Waals surface area contributed by atoms with Crippen LogP contribution in [0.5, 0.6) is 0 Å². The minimum Gasteiger partial charge on any atom is -0.344 e. The molecule has 23 heavy (non-hydrogen) atoms. The van der Waals surface area contributed by atoms with Gasteiger partial charge in [-0.3, -0.25) is 0 Å². The molecule has 2 aromatic rings. The van der Waals surface area contributed by atoms with E-state index in [4.69, 9.17) is 4.37 Å². The Morgan fingerprint density at radius 1 is 1.00 bits per heavy atom. The second-order valence-corrected chi connectivity index (χ2v) is 8.75. The Hall–Kier alpha value is -1.13. The zero-order valence-corrected chi connectivity index (χ0v) is 14.6. The fourth-order valence-corrected chi connectivity index (χ4v) is 6.20. The predicted octanol–water partition coefficient (Wildman–Crippen LogP) is 3.75. The number of fused-ring (bicyclic) bond motifs is 2. The molecule has 5 rings (SSSR count). The quantitative estimate of drug-likeness (QED) is 0.741. The highest BCUT2D eigenvalue weighted by Crippen LogP contribution is 2.41. The molecular weight excluding hydrogens is 302 g/mol. The highest BCUT2D eigenvalue weighted by atomic mass is 32.1. The molecule has 1 saturated carbocycles. The largest absolute Gasteiger partial charge is 0.344 e. The Balaban J connectivity index is 1.33. The molecule has 3 heterocycles. The van der Waals surface area contributed by atoms with Crippen LogP contribution in [0.2, 0.25) is 0 Å². The summed E-state index contributed by atoms with van der Waals surface area (Å²) in [7, 11) is 0. The average molecular weight is 329 g/mol. The highest BCUT2D eigenvalue weighted by Gasteiger charge is 2.47. The Kier molecular flexibility index (Phi) is 3.37. The van der Waals surface area contributed by atoms with E-state index in [1.807, 2.05) is 0 Å². The molecule has 0 unspecified atom stereocenters. The molecule has 3 nitrogen and oxygen atoms in total. The van der Waals surface area contributed by atoms with Gasteiger partial charge in [-0.25, -0.2) is 0 Å². The fraction of sp³-hybridized carbons (Fsp3) is 0.632. The Morgan fingerprint density at radius 2 is 1.70 bits per heavy atom. The summed E-state index contributed by atoms with van der Waals surface area (Å²) >= 11 is 1.65. The summed E-state index contributed by atoms with van der Waals surface area (Å²) in [4.78, 5) is 2.55. The van der Waals surface area contributed by atoms with Crippen LogP contribution in [0.15, 0.2) is 24.3 Å². The molecule has 2 aliphatic heterocycles. The Morgan fingerprint density at radius 3 is 2.43 bits per heavy atom. The Labute approximate surface area is 142 Å². The van der Waals surface area contributed by atoms with Crippen LogP contribution in [-0.4, -0.2) is 48.1 Å². The van der Waals surface area contributed by atoms with E-state index in [0.717, 1.165) is 11.8 Å². The van der Waals surface area contributed by atoms with Crippen LogP contribution >= 0.6 is 11.5 Å². The zero-order chi connectivity index (χ0) is 15.3. The molecule has 1 aromatic carbocycles. The number of aromatic nitrogens is 1. The number of hydrogen-bond donors (Lipinski definition) is 0. The molecule has 0 N–H and O–H groups in total. The van der Waals surface area contributed by atoms with Crippen molar-refractivity contribution in [3.05, 3.63) is 24.3 Å². The van der Waals surface area contributed by atoms with Crippen LogP contribution in [-0.2, 0) is 0 Å². The van der Waals surface area contributed by atoms with Gasteiger partial charge in [-0.2, -0.15) is 4.37 Å². The lowest BCUT2D eigenvalue weighted by Gasteiger charge is -2.42. The van der Waals surface area contributed by atoms with Crippen molar-refractivity contribution in [1.82, 2.24) is 4.37 Å². The van der Waals surface area contributed by atoms with Gasteiger partial charge in [0.05, 0.1) is 44.0 Å². The maximum absolute atomic E-state index is 4.77. The summed E-state index contributed by atoms with van der Waals surface area (Å²) in [6, 6.07) is 8.69. The van der Waals surface area contributed by atoms with Crippen LogP contribution in [0.3, 0.4) is 0 Å². The van der Waals surface area contributed by atoms with Crippen molar-refractivity contribution in [3.8, 4) is 0 Å². The number of anilines is 1. The predicted molar refractivity (Wildman–Crippen MR) is 97.0 cm³/mol. The molecule has 4 heteroatoms. The van der Waals surface area contributed by atoms with Gasteiger partial charge >= 0.3 is 0 Å². The van der Waals surface area contributed by atoms with Gasteiger partial charge in [0.1, 0.15) is 0 Å². The van der Waals surface area contributed by atoms with E-state index < -0.39 is 0 Å². The summed E-state index contributed by atoms with van der Waals surface area (Å²) in [6.07, 6.45) is 5.98. The lowest BCUT2D eigenvalue weighted by atomic mass is 9.82. The first-order chi connectivity index (χ1) is 11.3. The number of piperazine rings is 1. The lowest BCUT2D eigenvalue weighted by molar-refractivity contribution is -0.919. The average Bonchev–Trinajstić information content (AvgIpc) is 3.17. The summed E-state index contributed by atoms with van der Waals surface area (Å²) in [5, 5.41) is 1.35. The number of rotatable bonds is 1. The first-order valence-corrected chi connectivity index (χ1v) is 10.0. The molecule has 2 atom stereocenters. The summed E-state index contributed by atoms with van der Waals surface area (Å²) in [5.41, 5.74) is 0. The number of quaternary nitrogens is 1. The van der Waals surface area contributed by atoms with Crippen molar-refractivity contribution in [3.63, 3.8) is 0 Å². The van der Waals surface area contributed by atoms with Crippen molar-refractivity contribution in [2.45, 2.75) is 25.7 Å². The topological polar surface area (TPSA) is 16.1 Å². The summed E-state index contributed by atoms with van der Waals surface area (Å²) in [5.74, 6) is 3.31. The van der Waals surface area contributed by atoms with Gasteiger partial charge in [-0.15, -0.1) is 0 Å². The van der Waals surface area contributed by atoms with Crippen molar-refractivity contribution < 1.29 is 4.48 Å². The minimum atomic E-state index is 1.04. The van der Waals surface area contributed by atoms with Gasteiger partial charge in [0, 0.05) is 17.2 Å². The normalized spacial score (nSPS) is 30.0. The molecule has 0 radical (unpaired) electrons. The van der Waals surface area contributed by atoms with Gasteiger partial charge in [-0.1, -0.05) is 25.0 Å². The SMILES string of the molecule is c1ccc2c(N3CC[N+]4(CC3)C[C@H]3CCCC[C@H]3C4)nsc2c1. The molecule has 2 saturated heterocycles. The lowest BCUT2D eigenvalue weighted by Crippen LogP contribution is -2.58. The van der Waals surface area contributed by atoms with E-state index in [1.165, 1.54) is 85.3 Å². The van der Waals surface area contributed by atoms with Crippen LogP contribution < -0.4 is 4.90 Å². The van der Waals surface area contributed by atoms with E-state index in [2.05, 4.69) is 29.2 Å². The van der Waals surface area contributed by atoms with E-state index in [1.54, 1.807) is 11.5 Å². The van der Waals surface area contributed by atoms with Gasteiger partial charge in [-0.05, 0) is 36.5 Å². The van der Waals surface area contributed by atoms with Gasteiger partial charge < -0.3 is 9.38 Å². The fourth-order valence-electron chi connectivity index (χ4n) is 5.40. The third kappa shape index (κ3) is 2.38. The molecule has 1 spiro atoms. The van der Waals surface area contributed by atoms with Crippen molar-refractivity contribution in [2.75, 3.05) is 44.2 Å². The van der Waals surface area contributed by atoms with E-state index in [-0.39, 0.29) is 0 Å². The van der Waals surface area contributed by atoms with Gasteiger partial charge in [0.25, 0.3) is 0 Å². The number of nitrogens with zero attached hydrogens (tertiary/aromatic N) is 3. The zero-order valence-electron chi connectivity index (χ0n) is 13.8. The smallest absolute Gasteiger partial charge is 0.150 e. The number of benzene rings is 1. The molecule has 3 fully saturated rings. The monoisotopic (exact) mass is 328 g/mol. The molecular formula is C19H26N3S+. The molecule has 0 bridgehead atoms. The molecule has 0 amide bonds. The van der Waals surface area contributed by atoms with E-state index in [9.17, 15) is 0 Å². The second-order valence-electron chi connectivity index (χ2n) is 7.95. The van der Waals surface area contributed by atoms with Gasteiger partial charge in [0.2, 0.25) is 0 Å². The maximum Gasteiger partial charge on any atom is 0.150 e. The maximum atomic E-state index is 4.77.